The van der Waals surface area contributed by atoms with E-state index in [0.717, 1.165) is 12.8 Å². The molecule has 4 heteroatoms. The van der Waals surface area contributed by atoms with E-state index in [-0.39, 0.29) is 11.5 Å². The van der Waals surface area contributed by atoms with Crippen LogP contribution in [0, 0.1) is 11.8 Å². The minimum absolute atomic E-state index is 0.118. The number of carbonyl (C=O) groups excluding carboxylic acids is 1. The summed E-state index contributed by atoms with van der Waals surface area (Å²) < 4.78 is 0. The molecule has 4 nitrogen and oxygen atoms in total. The zero-order chi connectivity index (χ0) is 20.9. The van der Waals surface area contributed by atoms with E-state index in [1.807, 2.05) is 0 Å². The van der Waals surface area contributed by atoms with E-state index in [9.17, 15) is 14.7 Å². The van der Waals surface area contributed by atoms with Crippen LogP contribution in [0.15, 0.2) is 72.8 Å². The number of fused-ring (bicyclic) bond motifs is 1. The number of carboxylic acid groups (broad SMARTS) is 1. The maximum atomic E-state index is 12.2. The van der Waals surface area contributed by atoms with Crippen LogP contribution < -0.4 is 5.32 Å². The minimum Gasteiger partial charge on any atom is -0.478 e. The number of aromatic carboxylic acids is 1. The van der Waals surface area contributed by atoms with Gasteiger partial charge in [0.25, 0.3) is 0 Å². The predicted octanol–water partition coefficient (Wildman–Crippen LogP) is 6.00. The standard InChI is InChI=1S/C26H25NO3/c28-25(27-24-10-4-3-9-23(24)26(29)30)11-5-8-21-17-22(21)15-13-18-12-14-19-6-1-2-7-20(19)16-18/h1-4,6-7,9-10,12-16,21-22H,5,8,11,17H2,(H,27,28)(H,29,30)/b15-13+/t21-,22-/m1/s1. The summed E-state index contributed by atoms with van der Waals surface area (Å²) in [6.45, 7) is 0. The summed E-state index contributed by atoms with van der Waals surface area (Å²) in [5.41, 5.74) is 1.69. The largest absolute Gasteiger partial charge is 0.478 e. The first-order valence-electron chi connectivity index (χ1n) is 10.4. The van der Waals surface area contributed by atoms with Gasteiger partial charge in [0.1, 0.15) is 0 Å². The molecule has 2 N–H and O–H groups in total. The van der Waals surface area contributed by atoms with Crippen molar-refractivity contribution in [2.45, 2.75) is 25.7 Å². The summed E-state index contributed by atoms with van der Waals surface area (Å²) in [4.78, 5) is 23.4. The van der Waals surface area contributed by atoms with Gasteiger partial charge in [0, 0.05) is 6.42 Å². The van der Waals surface area contributed by atoms with E-state index in [1.54, 1.807) is 18.2 Å². The molecule has 2 atom stereocenters. The second-order valence-corrected chi connectivity index (χ2v) is 7.92. The van der Waals surface area contributed by atoms with Gasteiger partial charge in [-0.05, 0) is 65.6 Å². The fourth-order valence-corrected chi connectivity index (χ4v) is 3.90. The molecule has 0 saturated heterocycles. The molecular weight excluding hydrogens is 374 g/mol. The van der Waals surface area contributed by atoms with Crippen LogP contribution in [0.2, 0.25) is 0 Å². The third-order valence-corrected chi connectivity index (χ3v) is 5.70. The maximum absolute atomic E-state index is 12.2. The molecule has 0 unspecified atom stereocenters. The number of carboxylic acids is 1. The number of benzene rings is 3. The first-order chi connectivity index (χ1) is 14.6. The SMILES string of the molecule is O=C(CCC[C@@H]1C[C@H]1/C=C/c1ccc2ccccc2c1)Nc1ccccc1C(=O)O. The molecule has 1 aliphatic rings. The molecular formula is C26H25NO3. The lowest BCUT2D eigenvalue weighted by Crippen LogP contribution is -2.14. The summed E-state index contributed by atoms with van der Waals surface area (Å²) in [5, 5.41) is 14.4. The lowest BCUT2D eigenvalue weighted by atomic mass is 10.1. The fraction of sp³-hybridized carbons (Fsp3) is 0.231. The number of allylic oxidation sites excluding steroid dienone is 1. The summed E-state index contributed by atoms with van der Waals surface area (Å²) in [7, 11) is 0. The molecule has 0 spiro atoms. The predicted molar refractivity (Wildman–Crippen MR) is 120 cm³/mol. The van der Waals surface area contributed by atoms with Gasteiger partial charge >= 0.3 is 5.97 Å². The Kier molecular flexibility index (Phi) is 5.94. The van der Waals surface area contributed by atoms with Crippen LogP contribution in [0.1, 0.15) is 41.6 Å². The molecule has 3 aromatic rings. The van der Waals surface area contributed by atoms with Crippen LogP contribution >= 0.6 is 0 Å². The van der Waals surface area contributed by atoms with Crippen LogP contribution in [0.5, 0.6) is 0 Å². The van der Waals surface area contributed by atoms with E-state index in [0.29, 0.717) is 23.9 Å². The third kappa shape index (κ3) is 4.95. The Bertz CT molecular complexity index is 1100. The molecule has 0 bridgehead atoms. The molecule has 0 aromatic heterocycles. The van der Waals surface area contributed by atoms with Crippen LogP contribution in [0.3, 0.4) is 0 Å². The average Bonchev–Trinajstić information content (AvgIpc) is 3.50. The smallest absolute Gasteiger partial charge is 0.337 e. The molecule has 1 saturated carbocycles. The second kappa shape index (κ2) is 8.95. The van der Waals surface area contributed by atoms with Crippen molar-refractivity contribution in [3.05, 3.63) is 83.9 Å². The topological polar surface area (TPSA) is 66.4 Å². The average molecular weight is 399 g/mol. The first-order valence-corrected chi connectivity index (χ1v) is 10.4. The fourth-order valence-electron chi connectivity index (χ4n) is 3.90. The molecule has 1 amide bonds. The number of para-hydroxylation sites is 1. The molecule has 4 rings (SSSR count). The molecule has 0 aliphatic heterocycles. The van der Waals surface area contributed by atoms with Crippen molar-refractivity contribution in [3.8, 4) is 0 Å². The van der Waals surface area contributed by atoms with Crippen LogP contribution in [0.25, 0.3) is 16.8 Å². The number of rotatable bonds is 8. The zero-order valence-corrected chi connectivity index (χ0v) is 16.8. The Morgan fingerprint density at radius 3 is 2.60 bits per heavy atom. The zero-order valence-electron chi connectivity index (χ0n) is 16.8. The van der Waals surface area contributed by atoms with Crippen molar-refractivity contribution in [2.75, 3.05) is 5.32 Å². The Hall–Kier alpha value is -3.40. The van der Waals surface area contributed by atoms with E-state index in [4.69, 9.17) is 0 Å². The van der Waals surface area contributed by atoms with E-state index >= 15 is 0 Å². The molecule has 152 valence electrons. The molecule has 1 fully saturated rings. The Labute approximate surface area is 176 Å². The van der Waals surface area contributed by atoms with Crippen molar-refractivity contribution < 1.29 is 14.7 Å². The molecule has 3 aromatic carbocycles. The number of amides is 1. The highest BCUT2D eigenvalue weighted by Gasteiger charge is 2.33. The number of hydrogen-bond acceptors (Lipinski definition) is 2. The van der Waals surface area contributed by atoms with Gasteiger partial charge in [-0.1, -0.05) is 60.7 Å². The maximum Gasteiger partial charge on any atom is 0.337 e. The van der Waals surface area contributed by atoms with Gasteiger partial charge in [0.2, 0.25) is 5.91 Å². The van der Waals surface area contributed by atoms with Crippen molar-refractivity contribution in [1.82, 2.24) is 0 Å². The van der Waals surface area contributed by atoms with Crippen molar-refractivity contribution in [3.63, 3.8) is 0 Å². The Balaban J connectivity index is 1.22. The van der Waals surface area contributed by atoms with Gasteiger partial charge in [-0.3, -0.25) is 4.79 Å². The summed E-state index contributed by atoms with van der Waals surface area (Å²) in [6.07, 6.45) is 7.90. The van der Waals surface area contributed by atoms with Crippen molar-refractivity contribution >= 4 is 34.4 Å². The Morgan fingerprint density at radius 2 is 1.77 bits per heavy atom. The van der Waals surface area contributed by atoms with Gasteiger partial charge in [-0.25, -0.2) is 4.79 Å². The summed E-state index contributed by atoms with van der Waals surface area (Å²) >= 11 is 0. The highest BCUT2D eigenvalue weighted by atomic mass is 16.4. The minimum atomic E-state index is -1.04. The molecule has 0 radical (unpaired) electrons. The molecule has 30 heavy (non-hydrogen) atoms. The summed E-state index contributed by atoms with van der Waals surface area (Å²) in [6, 6.07) is 21.4. The lowest BCUT2D eigenvalue weighted by molar-refractivity contribution is -0.116. The van der Waals surface area contributed by atoms with Crippen LogP contribution in [0.4, 0.5) is 5.69 Å². The highest BCUT2D eigenvalue weighted by Crippen LogP contribution is 2.43. The number of nitrogens with one attached hydrogen (secondary N) is 1. The second-order valence-electron chi connectivity index (χ2n) is 7.92. The first kappa shape index (κ1) is 19.9. The molecule has 1 aliphatic carbocycles. The lowest BCUT2D eigenvalue weighted by Gasteiger charge is -2.08. The highest BCUT2D eigenvalue weighted by molar-refractivity contribution is 6.00. The monoisotopic (exact) mass is 399 g/mol. The van der Waals surface area contributed by atoms with Crippen molar-refractivity contribution in [1.29, 1.82) is 0 Å². The Morgan fingerprint density at radius 1 is 1.00 bits per heavy atom. The normalized spacial score (nSPS) is 17.9. The number of anilines is 1. The number of hydrogen-bond donors (Lipinski definition) is 2. The third-order valence-electron chi connectivity index (χ3n) is 5.70. The van der Waals surface area contributed by atoms with E-state index < -0.39 is 5.97 Å². The van der Waals surface area contributed by atoms with E-state index in [1.165, 1.54) is 28.8 Å². The van der Waals surface area contributed by atoms with Crippen LogP contribution in [-0.2, 0) is 4.79 Å². The van der Waals surface area contributed by atoms with Gasteiger partial charge in [-0.15, -0.1) is 0 Å². The van der Waals surface area contributed by atoms with Gasteiger partial charge in [0.15, 0.2) is 0 Å². The van der Waals surface area contributed by atoms with E-state index in [2.05, 4.69) is 59.9 Å². The van der Waals surface area contributed by atoms with Crippen molar-refractivity contribution in [2.24, 2.45) is 11.8 Å². The van der Waals surface area contributed by atoms with Gasteiger partial charge in [0.05, 0.1) is 11.3 Å². The van der Waals surface area contributed by atoms with Gasteiger partial charge in [-0.2, -0.15) is 0 Å². The quantitative estimate of drug-likeness (QED) is 0.488. The van der Waals surface area contributed by atoms with Gasteiger partial charge < -0.3 is 10.4 Å². The molecule has 0 heterocycles. The number of carbonyl (C=O) groups is 2. The van der Waals surface area contributed by atoms with Crippen LogP contribution in [-0.4, -0.2) is 17.0 Å². The summed E-state index contributed by atoms with van der Waals surface area (Å²) in [5.74, 6) is 0.0607.